The molecule has 25 heavy (non-hydrogen) atoms. The predicted octanol–water partition coefficient (Wildman–Crippen LogP) is 2.42. The Morgan fingerprint density at radius 1 is 1.12 bits per heavy atom. The molecule has 0 spiro atoms. The van der Waals surface area contributed by atoms with Gasteiger partial charge in [0.05, 0.1) is 4.92 Å². The van der Waals surface area contributed by atoms with Gasteiger partial charge < -0.3 is 10.4 Å². The third-order valence-corrected chi connectivity index (χ3v) is 3.43. The van der Waals surface area contributed by atoms with Crippen LogP contribution < -0.4 is 5.32 Å². The first-order valence-corrected chi connectivity index (χ1v) is 7.45. The maximum Gasteiger partial charge on any atom is 0.326 e. The maximum absolute atomic E-state index is 11.9. The Morgan fingerprint density at radius 2 is 1.76 bits per heavy atom. The Kier molecular flexibility index (Phi) is 6.00. The SMILES string of the molecule is O=C(/C=C/c1ccc([N+](=O)[O-])cc1)N[C@H](Cc1ccccc1)C(=O)O. The molecule has 128 valence electrons. The summed E-state index contributed by atoms with van der Waals surface area (Å²) in [6, 6.07) is 13.6. The van der Waals surface area contributed by atoms with Crippen molar-refractivity contribution in [3.8, 4) is 0 Å². The Bertz CT molecular complexity index is 785. The van der Waals surface area contributed by atoms with Gasteiger partial charge in [-0.3, -0.25) is 14.9 Å². The first kappa shape index (κ1) is 17.9. The van der Waals surface area contributed by atoms with E-state index < -0.39 is 22.8 Å². The van der Waals surface area contributed by atoms with Crippen LogP contribution in [0.15, 0.2) is 60.7 Å². The van der Waals surface area contributed by atoms with Crippen LogP contribution in [0.5, 0.6) is 0 Å². The zero-order valence-electron chi connectivity index (χ0n) is 13.2. The number of carbonyl (C=O) groups is 2. The molecule has 0 heterocycles. The molecule has 0 bridgehead atoms. The largest absolute Gasteiger partial charge is 0.480 e. The number of nitro benzene ring substituents is 1. The van der Waals surface area contributed by atoms with Crippen LogP contribution in [-0.4, -0.2) is 27.9 Å². The van der Waals surface area contributed by atoms with E-state index in [2.05, 4.69) is 5.32 Å². The molecule has 2 N–H and O–H groups in total. The van der Waals surface area contributed by atoms with Crippen molar-refractivity contribution in [1.82, 2.24) is 5.32 Å². The molecular weight excluding hydrogens is 324 g/mol. The van der Waals surface area contributed by atoms with Gasteiger partial charge in [0.25, 0.3) is 5.69 Å². The molecule has 0 saturated carbocycles. The zero-order valence-corrected chi connectivity index (χ0v) is 13.2. The zero-order chi connectivity index (χ0) is 18.2. The van der Waals surface area contributed by atoms with Crippen LogP contribution in [-0.2, 0) is 16.0 Å². The van der Waals surface area contributed by atoms with E-state index in [1.807, 2.05) is 6.07 Å². The van der Waals surface area contributed by atoms with Crippen molar-refractivity contribution in [3.05, 3.63) is 81.9 Å². The van der Waals surface area contributed by atoms with Gasteiger partial charge in [-0.05, 0) is 29.3 Å². The number of carboxylic acids is 1. The number of rotatable bonds is 7. The highest BCUT2D eigenvalue weighted by molar-refractivity contribution is 5.94. The second kappa shape index (κ2) is 8.39. The first-order chi connectivity index (χ1) is 12.0. The Labute approximate surface area is 143 Å². The summed E-state index contributed by atoms with van der Waals surface area (Å²) in [6.45, 7) is 0. The highest BCUT2D eigenvalue weighted by Crippen LogP contribution is 2.12. The third-order valence-electron chi connectivity index (χ3n) is 3.43. The fraction of sp³-hybridized carbons (Fsp3) is 0.111. The number of hydrogen-bond donors (Lipinski definition) is 2. The minimum atomic E-state index is -1.12. The lowest BCUT2D eigenvalue weighted by molar-refractivity contribution is -0.384. The van der Waals surface area contributed by atoms with Crippen molar-refractivity contribution in [2.24, 2.45) is 0 Å². The van der Waals surface area contributed by atoms with Crippen molar-refractivity contribution < 1.29 is 19.6 Å². The van der Waals surface area contributed by atoms with Gasteiger partial charge >= 0.3 is 5.97 Å². The van der Waals surface area contributed by atoms with Crippen LogP contribution in [0.4, 0.5) is 5.69 Å². The topological polar surface area (TPSA) is 110 Å². The van der Waals surface area contributed by atoms with Crippen LogP contribution in [0.2, 0.25) is 0 Å². The van der Waals surface area contributed by atoms with E-state index in [1.54, 1.807) is 24.3 Å². The molecule has 1 amide bonds. The highest BCUT2D eigenvalue weighted by atomic mass is 16.6. The lowest BCUT2D eigenvalue weighted by Crippen LogP contribution is -2.41. The quantitative estimate of drug-likeness (QED) is 0.457. The molecule has 0 radical (unpaired) electrons. The molecule has 0 saturated heterocycles. The number of amides is 1. The van der Waals surface area contributed by atoms with Crippen LogP contribution in [0.1, 0.15) is 11.1 Å². The molecule has 7 heteroatoms. The van der Waals surface area contributed by atoms with Crippen LogP contribution >= 0.6 is 0 Å². The van der Waals surface area contributed by atoms with Gasteiger partial charge in [0, 0.05) is 24.6 Å². The number of aliphatic carboxylic acids is 1. The van der Waals surface area contributed by atoms with E-state index >= 15 is 0 Å². The van der Waals surface area contributed by atoms with Crippen molar-refractivity contribution in [1.29, 1.82) is 0 Å². The van der Waals surface area contributed by atoms with E-state index in [4.69, 9.17) is 0 Å². The molecule has 0 aliphatic carbocycles. The van der Waals surface area contributed by atoms with Crippen molar-refractivity contribution in [2.75, 3.05) is 0 Å². The number of nitro groups is 1. The molecule has 1 atom stereocenters. The van der Waals surface area contributed by atoms with E-state index in [0.29, 0.717) is 5.56 Å². The third kappa shape index (κ3) is 5.58. The minimum absolute atomic E-state index is 0.0459. The molecule has 2 aromatic rings. The fourth-order valence-electron chi connectivity index (χ4n) is 2.15. The number of carbonyl (C=O) groups excluding carboxylic acids is 1. The molecule has 0 aromatic heterocycles. The van der Waals surface area contributed by atoms with Crippen LogP contribution in [0.3, 0.4) is 0 Å². The number of nitrogens with zero attached hydrogens (tertiary/aromatic N) is 1. The second-order valence-corrected chi connectivity index (χ2v) is 5.27. The van der Waals surface area contributed by atoms with Crippen LogP contribution in [0.25, 0.3) is 6.08 Å². The Hall–Kier alpha value is -3.48. The molecule has 0 fully saturated rings. The summed E-state index contributed by atoms with van der Waals surface area (Å²) in [5.41, 5.74) is 1.35. The normalized spacial score (nSPS) is 11.8. The summed E-state index contributed by atoms with van der Waals surface area (Å²) in [6.07, 6.45) is 2.83. The van der Waals surface area contributed by atoms with Crippen molar-refractivity contribution in [2.45, 2.75) is 12.5 Å². The van der Waals surface area contributed by atoms with Crippen LogP contribution in [0, 0.1) is 10.1 Å². The molecular formula is C18H16N2O5. The summed E-state index contributed by atoms with van der Waals surface area (Å²) in [7, 11) is 0. The molecule has 7 nitrogen and oxygen atoms in total. The summed E-state index contributed by atoms with van der Waals surface area (Å²) < 4.78 is 0. The number of benzene rings is 2. The number of carboxylic acid groups (broad SMARTS) is 1. The van der Waals surface area contributed by atoms with Gasteiger partial charge in [-0.2, -0.15) is 0 Å². The molecule has 0 aliphatic rings. The average Bonchev–Trinajstić information content (AvgIpc) is 2.60. The summed E-state index contributed by atoms with van der Waals surface area (Å²) in [5, 5.41) is 22.3. The van der Waals surface area contributed by atoms with Crippen molar-refractivity contribution >= 4 is 23.6 Å². The fourth-order valence-corrected chi connectivity index (χ4v) is 2.15. The number of non-ortho nitro benzene ring substituents is 1. The molecule has 0 unspecified atom stereocenters. The second-order valence-electron chi connectivity index (χ2n) is 5.27. The smallest absolute Gasteiger partial charge is 0.326 e. The molecule has 2 rings (SSSR count). The maximum atomic E-state index is 11.9. The summed E-state index contributed by atoms with van der Waals surface area (Å²) in [5.74, 6) is -1.68. The lowest BCUT2D eigenvalue weighted by Gasteiger charge is -2.13. The van der Waals surface area contributed by atoms with E-state index in [0.717, 1.165) is 5.56 Å². The van der Waals surface area contributed by atoms with E-state index in [1.165, 1.54) is 36.4 Å². The summed E-state index contributed by atoms with van der Waals surface area (Å²) >= 11 is 0. The van der Waals surface area contributed by atoms with Gasteiger partial charge in [0.2, 0.25) is 5.91 Å². The average molecular weight is 340 g/mol. The number of nitrogens with one attached hydrogen (secondary N) is 1. The lowest BCUT2D eigenvalue weighted by atomic mass is 10.1. The molecule has 2 aromatic carbocycles. The van der Waals surface area contributed by atoms with Gasteiger partial charge in [0.1, 0.15) is 6.04 Å². The standard InChI is InChI=1S/C18H16N2O5/c21-17(11-8-13-6-9-15(10-7-13)20(24)25)19-16(18(22)23)12-14-4-2-1-3-5-14/h1-11,16H,12H2,(H,19,21)(H,22,23)/b11-8+/t16-/m1/s1. The molecule has 0 aliphatic heterocycles. The Balaban J connectivity index is 1.98. The van der Waals surface area contributed by atoms with E-state index in [9.17, 15) is 24.8 Å². The first-order valence-electron chi connectivity index (χ1n) is 7.45. The predicted molar refractivity (Wildman–Crippen MR) is 91.8 cm³/mol. The monoisotopic (exact) mass is 340 g/mol. The van der Waals surface area contributed by atoms with Gasteiger partial charge in [-0.15, -0.1) is 0 Å². The van der Waals surface area contributed by atoms with Crippen molar-refractivity contribution in [3.63, 3.8) is 0 Å². The van der Waals surface area contributed by atoms with Gasteiger partial charge in [-0.1, -0.05) is 30.3 Å². The number of hydrogen-bond acceptors (Lipinski definition) is 4. The minimum Gasteiger partial charge on any atom is -0.480 e. The van der Waals surface area contributed by atoms with Gasteiger partial charge in [0.15, 0.2) is 0 Å². The Morgan fingerprint density at radius 3 is 2.32 bits per heavy atom. The summed E-state index contributed by atoms with van der Waals surface area (Å²) in [4.78, 5) is 33.3. The van der Waals surface area contributed by atoms with Gasteiger partial charge in [-0.25, -0.2) is 4.79 Å². The highest BCUT2D eigenvalue weighted by Gasteiger charge is 2.19. The van der Waals surface area contributed by atoms with E-state index in [-0.39, 0.29) is 12.1 Å².